The summed E-state index contributed by atoms with van der Waals surface area (Å²) in [5.74, 6) is 0.478. The van der Waals surface area contributed by atoms with Crippen LogP contribution in [0.4, 0.5) is 5.82 Å². The zero-order valence-electron chi connectivity index (χ0n) is 19.8. The van der Waals surface area contributed by atoms with Crippen LogP contribution in [0, 0.1) is 0 Å². The molecule has 0 radical (unpaired) electrons. The largest absolute Gasteiger partial charge is 0.392 e. The minimum absolute atomic E-state index is 0.0533. The highest BCUT2D eigenvalue weighted by molar-refractivity contribution is 5.95. The van der Waals surface area contributed by atoms with Gasteiger partial charge in [-0.2, -0.15) is 0 Å². The molecule has 4 N–H and O–H groups in total. The zero-order valence-corrected chi connectivity index (χ0v) is 19.8. The van der Waals surface area contributed by atoms with Crippen LogP contribution < -0.4 is 10.6 Å². The molecule has 1 saturated carbocycles. The van der Waals surface area contributed by atoms with E-state index in [0.29, 0.717) is 28.8 Å². The summed E-state index contributed by atoms with van der Waals surface area (Å²) in [6, 6.07) is 15.4. The highest BCUT2D eigenvalue weighted by Crippen LogP contribution is 2.30. The number of fused-ring (bicyclic) bond motifs is 1. The first-order chi connectivity index (χ1) is 16.8. The molecule has 1 aliphatic rings. The number of aliphatic hydroxyl groups excluding tert-OH is 1. The van der Waals surface area contributed by atoms with Crippen LogP contribution >= 0.6 is 0 Å². The lowest BCUT2D eigenvalue weighted by molar-refractivity contribution is 0.0940. The van der Waals surface area contributed by atoms with E-state index in [2.05, 4.69) is 15.6 Å². The first-order valence-corrected chi connectivity index (χ1v) is 11.8. The van der Waals surface area contributed by atoms with Gasteiger partial charge in [0.25, 0.3) is 5.91 Å². The molecular formula is C27H29N5O3. The fourth-order valence-corrected chi connectivity index (χ4v) is 3.95. The first-order valence-electron chi connectivity index (χ1n) is 11.8. The van der Waals surface area contributed by atoms with E-state index in [4.69, 9.17) is 4.98 Å². The van der Waals surface area contributed by atoms with Gasteiger partial charge < -0.3 is 20.8 Å². The van der Waals surface area contributed by atoms with Crippen molar-refractivity contribution in [3.8, 4) is 22.5 Å². The van der Waals surface area contributed by atoms with Gasteiger partial charge in [-0.15, -0.1) is 0 Å². The summed E-state index contributed by atoms with van der Waals surface area (Å²) in [5.41, 5.74) is 4.29. The van der Waals surface area contributed by atoms with E-state index < -0.39 is 5.60 Å². The first kappa shape index (κ1) is 23.0. The number of hydrogen-bond acceptors (Lipinski definition) is 6. The summed E-state index contributed by atoms with van der Waals surface area (Å²) in [7, 11) is 0. The van der Waals surface area contributed by atoms with E-state index in [1.165, 1.54) is 0 Å². The van der Waals surface area contributed by atoms with Crippen molar-refractivity contribution < 1.29 is 15.0 Å². The number of amides is 1. The van der Waals surface area contributed by atoms with Gasteiger partial charge in [0.05, 0.1) is 29.8 Å². The lowest BCUT2D eigenvalue weighted by atomic mass is 10.1. The Morgan fingerprint density at radius 1 is 1.14 bits per heavy atom. The maximum atomic E-state index is 12.4. The fraction of sp³-hybridized carbons (Fsp3) is 0.296. The van der Waals surface area contributed by atoms with Crippen molar-refractivity contribution in [3.63, 3.8) is 0 Å². The van der Waals surface area contributed by atoms with Crippen molar-refractivity contribution in [2.45, 2.75) is 44.9 Å². The van der Waals surface area contributed by atoms with Crippen LogP contribution in [0.5, 0.6) is 0 Å². The van der Waals surface area contributed by atoms with Gasteiger partial charge >= 0.3 is 0 Å². The van der Waals surface area contributed by atoms with Crippen molar-refractivity contribution in [2.75, 3.05) is 11.9 Å². The number of imidazole rings is 1. The molecule has 2 aromatic carbocycles. The molecule has 0 saturated heterocycles. The summed E-state index contributed by atoms with van der Waals surface area (Å²) >= 11 is 0. The Morgan fingerprint density at radius 3 is 2.57 bits per heavy atom. The Kier molecular flexibility index (Phi) is 6.00. The number of carbonyl (C=O) groups excluding carboxylic acids is 1. The molecule has 0 atom stereocenters. The SMILES string of the molecule is CC(C)(O)CNc1nc(-c2ccccc2CO)cn2c(-c3ccc(C(=O)NC4CC4)cc3)cnc12. The quantitative estimate of drug-likeness (QED) is 0.312. The Hall–Kier alpha value is -3.75. The molecular weight excluding hydrogens is 442 g/mol. The molecule has 0 spiro atoms. The molecule has 2 heterocycles. The van der Waals surface area contributed by atoms with E-state index >= 15 is 0 Å². The predicted molar refractivity (Wildman–Crippen MR) is 135 cm³/mol. The van der Waals surface area contributed by atoms with Crippen LogP contribution in [-0.4, -0.2) is 48.7 Å². The smallest absolute Gasteiger partial charge is 0.251 e. The highest BCUT2D eigenvalue weighted by Gasteiger charge is 2.24. The minimum Gasteiger partial charge on any atom is -0.392 e. The van der Waals surface area contributed by atoms with Crippen molar-refractivity contribution in [3.05, 3.63) is 72.1 Å². The van der Waals surface area contributed by atoms with E-state index in [-0.39, 0.29) is 19.1 Å². The lowest BCUT2D eigenvalue weighted by Gasteiger charge is -2.19. The molecule has 0 aliphatic heterocycles. The number of nitrogens with one attached hydrogen (secondary N) is 2. The monoisotopic (exact) mass is 471 g/mol. The van der Waals surface area contributed by atoms with Gasteiger partial charge in [0, 0.05) is 35.5 Å². The summed E-state index contributed by atoms with van der Waals surface area (Å²) in [6.45, 7) is 3.62. The van der Waals surface area contributed by atoms with Crippen LogP contribution in [0.2, 0.25) is 0 Å². The van der Waals surface area contributed by atoms with Gasteiger partial charge in [0.2, 0.25) is 0 Å². The normalized spacial score (nSPS) is 13.7. The van der Waals surface area contributed by atoms with Crippen molar-refractivity contribution in [1.29, 1.82) is 0 Å². The van der Waals surface area contributed by atoms with Crippen LogP contribution in [0.1, 0.15) is 42.6 Å². The lowest BCUT2D eigenvalue weighted by Crippen LogP contribution is -2.29. The Morgan fingerprint density at radius 2 is 1.89 bits per heavy atom. The molecule has 1 aliphatic carbocycles. The molecule has 0 unspecified atom stereocenters. The third-order valence-corrected chi connectivity index (χ3v) is 6.00. The molecule has 180 valence electrons. The molecule has 1 amide bonds. The van der Waals surface area contributed by atoms with Crippen LogP contribution in [-0.2, 0) is 6.61 Å². The number of rotatable bonds is 8. The Balaban J connectivity index is 1.58. The number of aromatic nitrogens is 3. The number of hydrogen-bond donors (Lipinski definition) is 4. The average molecular weight is 472 g/mol. The van der Waals surface area contributed by atoms with Crippen LogP contribution in [0.25, 0.3) is 28.2 Å². The molecule has 2 aromatic heterocycles. The van der Waals surface area contributed by atoms with Gasteiger partial charge in [-0.1, -0.05) is 36.4 Å². The number of nitrogens with zero attached hydrogens (tertiary/aromatic N) is 3. The second kappa shape index (κ2) is 9.13. The Bertz CT molecular complexity index is 1370. The van der Waals surface area contributed by atoms with Crippen LogP contribution in [0.3, 0.4) is 0 Å². The third-order valence-electron chi connectivity index (χ3n) is 6.00. The maximum absolute atomic E-state index is 12.4. The van der Waals surface area contributed by atoms with Gasteiger partial charge in [0.1, 0.15) is 0 Å². The summed E-state index contributed by atoms with van der Waals surface area (Å²) in [5, 5.41) is 26.4. The predicted octanol–water partition coefficient (Wildman–Crippen LogP) is 3.63. The summed E-state index contributed by atoms with van der Waals surface area (Å²) in [6.07, 6.45) is 5.76. The molecule has 35 heavy (non-hydrogen) atoms. The van der Waals surface area contributed by atoms with Gasteiger partial charge in [0.15, 0.2) is 11.5 Å². The zero-order chi connectivity index (χ0) is 24.6. The summed E-state index contributed by atoms with van der Waals surface area (Å²) in [4.78, 5) is 21.8. The molecule has 8 nitrogen and oxygen atoms in total. The standard InChI is InChI=1S/C27H29N5O3/c1-27(2,35)16-29-24-25-28-13-23(17-7-9-18(10-8-17)26(34)30-20-11-12-20)32(25)14-22(31-24)21-6-4-3-5-19(21)15-33/h3-10,13-14,20,33,35H,11-12,15-16H2,1-2H3,(H,29,31)(H,30,34). The topological polar surface area (TPSA) is 112 Å². The molecule has 4 aromatic rings. The minimum atomic E-state index is -0.941. The van der Waals surface area contributed by atoms with E-state index in [1.807, 2.05) is 59.1 Å². The second-order valence-corrected chi connectivity index (χ2v) is 9.62. The molecule has 1 fully saturated rings. The number of anilines is 1. The van der Waals surface area contributed by atoms with E-state index in [9.17, 15) is 15.0 Å². The van der Waals surface area contributed by atoms with Crippen LogP contribution in [0.15, 0.2) is 60.9 Å². The van der Waals surface area contributed by atoms with Crippen molar-refractivity contribution in [2.24, 2.45) is 0 Å². The van der Waals surface area contributed by atoms with Gasteiger partial charge in [-0.05, 0) is 44.4 Å². The Labute approximate surface area is 203 Å². The van der Waals surface area contributed by atoms with Gasteiger partial charge in [-0.25, -0.2) is 9.97 Å². The second-order valence-electron chi connectivity index (χ2n) is 9.62. The molecule has 8 heteroatoms. The molecule has 0 bridgehead atoms. The van der Waals surface area contributed by atoms with E-state index in [1.54, 1.807) is 20.0 Å². The summed E-state index contributed by atoms with van der Waals surface area (Å²) < 4.78 is 1.95. The fourth-order valence-electron chi connectivity index (χ4n) is 3.95. The average Bonchev–Trinajstić information content (AvgIpc) is 3.57. The number of carbonyl (C=O) groups is 1. The number of aliphatic hydroxyl groups is 2. The molecule has 5 rings (SSSR count). The van der Waals surface area contributed by atoms with Gasteiger partial charge in [-0.3, -0.25) is 9.20 Å². The highest BCUT2D eigenvalue weighted by atomic mass is 16.3. The number of benzene rings is 2. The van der Waals surface area contributed by atoms with Crippen molar-refractivity contribution in [1.82, 2.24) is 19.7 Å². The van der Waals surface area contributed by atoms with E-state index in [0.717, 1.165) is 35.2 Å². The third kappa shape index (κ3) is 5.03. The maximum Gasteiger partial charge on any atom is 0.251 e. The van der Waals surface area contributed by atoms with Crippen molar-refractivity contribution >= 4 is 17.4 Å².